The summed E-state index contributed by atoms with van der Waals surface area (Å²) in [7, 11) is 0. The molecule has 30 heavy (non-hydrogen) atoms. The number of para-hydroxylation sites is 1. The highest BCUT2D eigenvalue weighted by molar-refractivity contribution is 8.15. The molecule has 9 heteroatoms. The van der Waals surface area contributed by atoms with Gasteiger partial charge >= 0.3 is 5.97 Å². The Morgan fingerprint density at radius 2 is 1.80 bits per heavy atom. The van der Waals surface area contributed by atoms with E-state index >= 15 is 0 Å². The number of benzene rings is 2. The second-order valence-corrected chi connectivity index (χ2v) is 7.71. The molecule has 1 fully saturated rings. The maximum absolute atomic E-state index is 12.8. The Morgan fingerprint density at radius 3 is 2.43 bits per heavy atom. The van der Waals surface area contributed by atoms with Crippen LogP contribution in [0.4, 0.5) is 11.4 Å². The summed E-state index contributed by atoms with van der Waals surface area (Å²) in [6.45, 7) is 0.271. The molecule has 1 aliphatic heterocycles. The molecule has 2 amide bonds. The Balaban J connectivity index is 1.69. The molecule has 1 saturated heterocycles. The highest BCUT2D eigenvalue weighted by atomic mass is 32.2. The summed E-state index contributed by atoms with van der Waals surface area (Å²) in [6.07, 6.45) is 0.364. The number of nitrogens with zero attached hydrogens (tertiary/aromatic N) is 2. The number of aliphatic imine (C=N–C) groups is 1. The highest BCUT2D eigenvalue weighted by Crippen LogP contribution is 2.32. The van der Waals surface area contributed by atoms with Gasteiger partial charge in [-0.05, 0) is 42.8 Å². The van der Waals surface area contributed by atoms with Crippen LogP contribution in [0.25, 0.3) is 0 Å². The number of carbonyl (C=O) groups excluding carboxylic acids is 2. The Kier molecular flexibility index (Phi) is 7.21. The van der Waals surface area contributed by atoms with Gasteiger partial charge in [0.1, 0.15) is 5.25 Å². The molecule has 1 unspecified atom stereocenters. The molecule has 1 heterocycles. The van der Waals surface area contributed by atoms with E-state index in [1.807, 2.05) is 30.3 Å². The third-order valence-electron chi connectivity index (χ3n) is 4.33. The molecule has 0 aromatic heterocycles. The van der Waals surface area contributed by atoms with E-state index in [1.165, 1.54) is 40.9 Å². The number of carbonyl (C=O) groups is 3. The zero-order valence-corrected chi connectivity index (χ0v) is 16.8. The summed E-state index contributed by atoms with van der Waals surface area (Å²) >= 11 is 1.22. The van der Waals surface area contributed by atoms with Crippen LogP contribution in [0.2, 0.25) is 0 Å². The molecular weight excluding hydrogens is 406 g/mol. The average molecular weight is 427 g/mol. The van der Waals surface area contributed by atoms with Crippen LogP contribution >= 0.6 is 11.8 Å². The van der Waals surface area contributed by atoms with Gasteiger partial charge in [0.25, 0.3) is 0 Å². The molecule has 0 aliphatic carbocycles. The average Bonchev–Trinajstić information content (AvgIpc) is 3.01. The van der Waals surface area contributed by atoms with Crippen molar-refractivity contribution in [3.8, 4) is 0 Å². The van der Waals surface area contributed by atoms with Gasteiger partial charge in [0.05, 0.1) is 11.3 Å². The van der Waals surface area contributed by atoms with E-state index < -0.39 is 11.2 Å². The van der Waals surface area contributed by atoms with Crippen molar-refractivity contribution in [3.63, 3.8) is 0 Å². The first-order valence-electron chi connectivity index (χ1n) is 9.34. The van der Waals surface area contributed by atoms with Crippen molar-refractivity contribution in [2.45, 2.75) is 18.1 Å². The topological polar surface area (TPSA) is 119 Å². The van der Waals surface area contributed by atoms with Crippen LogP contribution in [0.5, 0.6) is 0 Å². The highest BCUT2D eigenvalue weighted by Gasteiger charge is 2.38. The normalized spacial score (nSPS) is 17.4. The fraction of sp³-hybridized carbons (Fsp3) is 0.238. The van der Waals surface area contributed by atoms with E-state index in [4.69, 9.17) is 10.2 Å². The van der Waals surface area contributed by atoms with Gasteiger partial charge in [0, 0.05) is 25.3 Å². The zero-order valence-electron chi connectivity index (χ0n) is 16.0. The maximum Gasteiger partial charge on any atom is 0.335 e. The zero-order chi connectivity index (χ0) is 21.5. The van der Waals surface area contributed by atoms with Crippen molar-refractivity contribution in [3.05, 3.63) is 60.2 Å². The summed E-state index contributed by atoms with van der Waals surface area (Å²) in [5, 5.41) is 20.6. The third kappa shape index (κ3) is 5.46. The summed E-state index contributed by atoms with van der Waals surface area (Å²) in [4.78, 5) is 42.2. The van der Waals surface area contributed by atoms with E-state index in [0.29, 0.717) is 29.5 Å². The SMILES string of the molecule is O=C(CC1SC(=Nc2ccccc2)N(CCCO)C1=O)Nc1ccc(C(=O)O)cc1. The number of aromatic carboxylic acids is 1. The van der Waals surface area contributed by atoms with Crippen LogP contribution in [0.15, 0.2) is 59.6 Å². The quantitative estimate of drug-likeness (QED) is 0.596. The number of nitrogens with one attached hydrogen (secondary N) is 1. The first-order valence-corrected chi connectivity index (χ1v) is 10.2. The lowest BCUT2D eigenvalue weighted by atomic mass is 10.2. The minimum absolute atomic E-state index is 0.0480. The maximum atomic E-state index is 12.8. The van der Waals surface area contributed by atoms with Crippen molar-refractivity contribution in [1.82, 2.24) is 4.90 Å². The predicted molar refractivity (Wildman–Crippen MR) is 115 cm³/mol. The van der Waals surface area contributed by atoms with E-state index in [9.17, 15) is 14.4 Å². The molecular formula is C21H21N3O5S. The molecule has 0 bridgehead atoms. The minimum atomic E-state index is -1.05. The lowest BCUT2D eigenvalue weighted by Gasteiger charge is -2.15. The number of rotatable bonds is 8. The summed E-state index contributed by atoms with van der Waals surface area (Å²) in [5.41, 5.74) is 1.27. The minimum Gasteiger partial charge on any atom is -0.478 e. The van der Waals surface area contributed by atoms with E-state index in [2.05, 4.69) is 10.3 Å². The van der Waals surface area contributed by atoms with Crippen molar-refractivity contribution in [2.75, 3.05) is 18.5 Å². The predicted octanol–water partition coefficient (Wildman–Crippen LogP) is 2.73. The van der Waals surface area contributed by atoms with Crippen LogP contribution in [0.3, 0.4) is 0 Å². The second-order valence-electron chi connectivity index (χ2n) is 6.54. The van der Waals surface area contributed by atoms with Crippen molar-refractivity contribution in [1.29, 1.82) is 0 Å². The number of hydrogen-bond acceptors (Lipinski definition) is 6. The molecule has 2 aromatic rings. The Morgan fingerprint density at radius 1 is 1.10 bits per heavy atom. The second kappa shape index (κ2) is 10.0. The van der Waals surface area contributed by atoms with Gasteiger partial charge in [0.2, 0.25) is 11.8 Å². The van der Waals surface area contributed by atoms with Crippen molar-refractivity contribution >= 4 is 46.1 Å². The number of anilines is 1. The molecule has 0 saturated carbocycles. The number of carboxylic acid groups (broad SMARTS) is 1. The molecule has 156 valence electrons. The summed E-state index contributed by atoms with van der Waals surface area (Å²) < 4.78 is 0. The van der Waals surface area contributed by atoms with Crippen LogP contribution in [0.1, 0.15) is 23.2 Å². The smallest absolute Gasteiger partial charge is 0.335 e. The van der Waals surface area contributed by atoms with E-state index in [0.717, 1.165) is 0 Å². The molecule has 1 atom stereocenters. The number of aliphatic hydroxyl groups is 1. The van der Waals surface area contributed by atoms with Gasteiger partial charge in [-0.15, -0.1) is 0 Å². The monoisotopic (exact) mass is 427 g/mol. The first kappa shape index (κ1) is 21.5. The van der Waals surface area contributed by atoms with Crippen LogP contribution < -0.4 is 5.32 Å². The van der Waals surface area contributed by atoms with Crippen LogP contribution in [-0.2, 0) is 9.59 Å². The largest absolute Gasteiger partial charge is 0.478 e. The van der Waals surface area contributed by atoms with Crippen LogP contribution in [0, 0.1) is 0 Å². The standard InChI is InChI=1S/C21H21N3O5S/c25-12-4-11-24-19(27)17(30-21(24)23-15-5-2-1-3-6-15)13-18(26)22-16-9-7-14(8-10-16)20(28)29/h1-3,5-10,17,25H,4,11-13H2,(H,22,26)(H,28,29). The molecule has 1 aliphatic rings. The molecule has 3 rings (SSSR count). The first-order chi connectivity index (χ1) is 14.5. The summed E-state index contributed by atoms with van der Waals surface area (Å²) in [6, 6.07) is 15.0. The van der Waals surface area contributed by atoms with Gasteiger partial charge in [-0.2, -0.15) is 0 Å². The van der Waals surface area contributed by atoms with Crippen LogP contribution in [-0.4, -0.2) is 56.5 Å². The molecule has 3 N–H and O–H groups in total. The fourth-order valence-corrected chi connectivity index (χ4v) is 4.03. The van der Waals surface area contributed by atoms with Gasteiger partial charge in [-0.25, -0.2) is 9.79 Å². The third-order valence-corrected chi connectivity index (χ3v) is 5.50. The number of amidine groups is 1. The number of thioether (sulfide) groups is 1. The summed E-state index contributed by atoms with van der Waals surface area (Å²) in [5.74, 6) is -1.62. The molecule has 2 aromatic carbocycles. The number of hydrogen-bond donors (Lipinski definition) is 3. The van der Waals surface area contributed by atoms with E-state index in [1.54, 1.807) is 0 Å². The van der Waals surface area contributed by atoms with Gasteiger partial charge in [0.15, 0.2) is 5.17 Å². The lowest BCUT2D eigenvalue weighted by molar-refractivity contribution is -0.128. The molecule has 0 spiro atoms. The van der Waals surface area contributed by atoms with Gasteiger partial charge in [-0.3, -0.25) is 14.5 Å². The van der Waals surface area contributed by atoms with Crippen molar-refractivity contribution < 1.29 is 24.6 Å². The fourth-order valence-electron chi connectivity index (χ4n) is 2.85. The van der Waals surface area contributed by atoms with Crippen molar-refractivity contribution in [2.24, 2.45) is 4.99 Å². The van der Waals surface area contributed by atoms with E-state index in [-0.39, 0.29) is 30.4 Å². The molecule has 0 radical (unpaired) electrons. The molecule has 8 nitrogen and oxygen atoms in total. The number of amides is 2. The van der Waals surface area contributed by atoms with Gasteiger partial charge in [-0.1, -0.05) is 30.0 Å². The number of carboxylic acids is 1. The van der Waals surface area contributed by atoms with Gasteiger partial charge < -0.3 is 15.5 Å². The Bertz CT molecular complexity index is 947. The Labute approximate surface area is 177 Å². The number of aliphatic hydroxyl groups excluding tert-OH is 1. The lowest BCUT2D eigenvalue weighted by Crippen LogP contribution is -2.34. The Hall–Kier alpha value is -3.17.